The van der Waals surface area contributed by atoms with E-state index in [9.17, 15) is 4.79 Å². The number of ether oxygens (including phenoxy) is 2. The maximum absolute atomic E-state index is 11.9. The van der Waals surface area contributed by atoms with Gasteiger partial charge in [-0.3, -0.25) is 4.98 Å². The Balaban J connectivity index is 2.63. The molecule has 0 spiro atoms. The SMILES string of the molecule is CCOC(=O)c1cnc2ccc(I)cc2c1OCC. The minimum Gasteiger partial charge on any atom is -0.492 e. The fourth-order valence-electron chi connectivity index (χ4n) is 1.79. The van der Waals surface area contributed by atoms with Crippen LogP contribution in [0.15, 0.2) is 24.4 Å². The summed E-state index contributed by atoms with van der Waals surface area (Å²) in [6.07, 6.45) is 1.51. The number of nitrogens with zero attached hydrogens (tertiary/aromatic N) is 1. The number of fused-ring (bicyclic) bond motifs is 1. The van der Waals surface area contributed by atoms with Crippen molar-refractivity contribution in [2.24, 2.45) is 0 Å². The van der Waals surface area contributed by atoms with Gasteiger partial charge in [-0.1, -0.05) is 0 Å². The van der Waals surface area contributed by atoms with Crippen molar-refractivity contribution in [1.29, 1.82) is 0 Å². The molecule has 0 N–H and O–H groups in total. The quantitative estimate of drug-likeness (QED) is 0.611. The van der Waals surface area contributed by atoms with E-state index in [4.69, 9.17) is 9.47 Å². The first-order chi connectivity index (χ1) is 9.17. The molecule has 2 rings (SSSR count). The molecule has 0 saturated carbocycles. The molecule has 1 heterocycles. The summed E-state index contributed by atoms with van der Waals surface area (Å²) >= 11 is 2.22. The van der Waals surface area contributed by atoms with Gasteiger partial charge in [0.15, 0.2) is 0 Å². The summed E-state index contributed by atoms with van der Waals surface area (Å²) in [6.45, 7) is 4.47. The largest absolute Gasteiger partial charge is 0.492 e. The number of benzene rings is 1. The summed E-state index contributed by atoms with van der Waals surface area (Å²) in [5.74, 6) is 0.142. The van der Waals surface area contributed by atoms with E-state index in [-0.39, 0.29) is 0 Å². The Morgan fingerprint density at radius 1 is 1.32 bits per heavy atom. The van der Waals surface area contributed by atoms with Crippen molar-refractivity contribution < 1.29 is 14.3 Å². The summed E-state index contributed by atoms with van der Waals surface area (Å²) < 4.78 is 11.7. The topological polar surface area (TPSA) is 48.4 Å². The van der Waals surface area contributed by atoms with E-state index < -0.39 is 5.97 Å². The van der Waals surface area contributed by atoms with Gasteiger partial charge in [0, 0.05) is 15.2 Å². The zero-order chi connectivity index (χ0) is 13.8. The first kappa shape index (κ1) is 14.0. The first-order valence-electron chi connectivity index (χ1n) is 6.05. The fraction of sp³-hybridized carbons (Fsp3) is 0.286. The van der Waals surface area contributed by atoms with Crippen LogP contribution in [0.2, 0.25) is 0 Å². The van der Waals surface area contributed by atoms with Crippen molar-refractivity contribution in [3.05, 3.63) is 33.5 Å². The molecule has 0 atom stereocenters. The van der Waals surface area contributed by atoms with Crippen LogP contribution >= 0.6 is 22.6 Å². The van der Waals surface area contributed by atoms with Crippen LogP contribution in [0.5, 0.6) is 5.75 Å². The van der Waals surface area contributed by atoms with Crippen LogP contribution < -0.4 is 4.74 Å². The van der Waals surface area contributed by atoms with Crippen molar-refractivity contribution in [2.75, 3.05) is 13.2 Å². The van der Waals surface area contributed by atoms with E-state index in [0.717, 1.165) is 14.5 Å². The highest BCUT2D eigenvalue weighted by Gasteiger charge is 2.17. The van der Waals surface area contributed by atoms with Gasteiger partial charge in [0.25, 0.3) is 0 Å². The first-order valence-corrected chi connectivity index (χ1v) is 7.13. The molecule has 0 radical (unpaired) electrons. The molecule has 1 aromatic carbocycles. The number of aromatic nitrogens is 1. The van der Waals surface area contributed by atoms with E-state index in [1.54, 1.807) is 6.92 Å². The minimum atomic E-state index is -0.404. The van der Waals surface area contributed by atoms with E-state index in [0.29, 0.717) is 24.5 Å². The minimum absolute atomic E-state index is 0.328. The van der Waals surface area contributed by atoms with Crippen molar-refractivity contribution in [3.63, 3.8) is 0 Å². The summed E-state index contributed by atoms with van der Waals surface area (Å²) in [6, 6.07) is 5.83. The van der Waals surface area contributed by atoms with Crippen LogP contribution in [-0.2, 0) is 4.74 Å². The third-order valence-corrected chi connectivity index (χ3v) is 3.24. The van der Waals surface area contributed by atoms with Crippen molar-refractivity contribution in [1.82, 2.24) is 4.98 Å². The predicted molar refractivity (Wildman–Crippen MR) is 81.6 cm³/mol. The lowest BCUT2D eigenvalue weighted by atomic mass is 10.1. The average Bonchev–Trinajstić information content (AvgIpc) is 2.40. The van der Waals surface area contributed by atoms with E-state index in [1.165, 1.54) is 6.20 Å². The molecule has 0 unspecified atom stereocenters. The number of hydrogen-bond donors (Lipinski definition) is 0. The van der Waals surface area contributed by atoms with Crippen LogP contribution in [0.4, 0.5) is 0 Å². The van der Waals surface area contributed by atoms with Gasteiger partial charge < -0.3 is 9.47 Å². The van der Waals surface area contributed by atoms with Gasteiger partial charge in [0.05, 0.1) is 18.7 Å². The molecule has 0 fully saturated rings. The molecule has 2 aromatic rings. The molecule has 0 saturated heterocycles. The Hall–Kier alpha value is -1.37. The molecule has 100 valence electrons. The number of pyridine rings is 1. The highest BCUT2D eigenvalue weighted by atomic mass is 127. The molecule has 0 bridgehead atoms. The molecule has 4 nitrogen and oxygen atoms in total. The molecule has 0 aliphatic heterocycles. The number of esters is 1. The molecule has 19 heavy (non-hydrogen) atoms. The van der Waals surface area contributed by atoms with Crippen LogP contribution in [0, 0.1) is 3.57 Å². The number of hydrogen-bond acceptors (Lipinski definition) is 4. The molecular weight excluding hydrogens is 357 g/mol. The molecule has 0 aliphatic carbocycles. The summed E-state index contributed by atoms with van der Waals surface area (Å²) in [5.41, 5.74) is 1.18. The molecule has 1 aromatic heterocycles. The standard InChI is InChI=1S/C14H14INO3/c1-3-18-13-10-7-9(15)5-6-12(10)16-8-11(13)14(17)19-4-2/h5-8H,3-4H2,1-2H3. The zero-order valence-electron chi connectivity index (χ0n) is 10.8. The zero-order valence-corrected chi connectivity index (χ0v) is 12.9. The second-order valence-corrected chi connectivity index (χ2v) is 5.06. The van der Waals surface area contributed by atoms with E-state index >= 15 is 0 Å². The second-order valence-electron chi connectivity index (χ2n) is 3.82. The van der Waals surface area contributed by atoms with Gasteiger partial charge in [-0.25, -0.2) is 4.79 Å². The lowest BCUT2D eigenvalue weighted by Crippen LogP contribution is -2.09. The van der Waals surface area contributed by atoms with Crippen LogP contribution in [0.1, 0.15) is 24.2 Å². The monoisotopic (exact) mass is 371 g/mol. The Bertz CT molecular complexity index is 613. The van der Waals surface area contributed by atoms with Crippen molar-refractivity contribution in [3.8, 4) is 5.75 Å². The van der Waals surface area contributed by atoms with Gasteiger partial charge in [-0.2, -0.15) is 0 Å². The maximum Gasteiger partial charge on any atom is 0.343 e. The fourth-order valence-corrected chi connectivity index (χ4v) is 2.29. The van der Waals surface area contributed by atoms with Crippen molar-refractivity contribution in [2.45, 2.75) is 13.8 Å². The molecule has 0 aliphatic rings. The third-order valence-electron chi connectivity index (χ3n) is 2.56. The van der Waals surface area contributed by atoms with E-state index in [1.807, 2.05) is 25.1 Å². The number of carbonyl (C=O) groups excluding carboxylic acids is 1. The molecular formula is C14H14INO3. The maximum atomic E-state index is 11.9. The van der Waals surface area contributed by atoms with Gasteiger partial charge in [0.2, 0.25) is 0 Å². The van der Waals surface area contributed by atoms with Crippen LogP contribution in [0.25, 0.3) is 10.9 Å². The number of carbonyl (C=O) groups is 1. The molecule has 5 heteroatoms. The van der Waals surface area contributed by atoms with Crippen LogP contribution in [-0.4, -0.2) is 24.2 Å². The lowest BCUT2D eigenvalue weighted by Gasteiger charge is -2.12. The predicted octanol–water partition coefficient (Wildman–Crippen LogP) is 3.41. The number of halogens is 1. The molecule has 0 amide bonds. The third kappa shape index (κ3) is 2.97. The summed E-state index contributed by atoms with van der Waals surface area (Å²) in [7, 11) is 0. The lowest BCUT2D eigenvalue weighted by molar-refractivity contribution is 0.0522. The Labute approximate surface area is 125 Å². The van der Waals surface area contributed by atoms with Crippen LogP contribution in [0.3, 0.4) is 0 Å². The number of rotatable bonds is 4. The van der Waals surface area contributed by atoms with Gasteiger partial charge in [0.1, 0.15) is 11.3 Å². The summed E-state index contributed by atoms with van der Waals surface area (Å²) in [5, 5.41) is 0.833. The normalized spacial score (nSPS) is 10.5. The van der Waals surface area contributed by atoms with Gasteiger partial charge in [-0.05, 0) is 54.6 Å². The Kier molecular flexibility index (Phi) is 4.57. The van der Waals surface area contributed by atoms with Crippen molar-refractivity contribution >= 4 is 39.5 Å². The van der Waals surface area contributed by atoms with Gasteiger partial charge >= 0.3 is 5.97 Å². The average molecular weight is 371 g/mol. The Morgan fingerprint density at radius 2 is 2.11 bits per heavy atom. The second kappa shape index (κ2) is 6.18. The smallest absolute Gasteiger partial charge is 0.343 e. The highest BCUT2D eigenvalue weighted by Crippen LogP contribution is 2.30. The highest BCUT2D eigenvalue weighted by molar-refractivity contribution is 14.1. The Morgan fingerprint density at radius 3 is 2.79 bits per heavy atom. The summed E-state index contributed by atoms with van der Waals surface area (Å²) in [4.78, 5) is 16.2. The van der Waals surface area contributed by atoms with Gasteiger partial charge in [-0.15, -0.1) is 0 Å². The van der Waals surface area contributed by atoms with E-state index in [2.05, 4.69) is 27.6 Å².